The summed E-state index contributed by atoms with van der Waals surface area (Å²) in [5.41, 5.74) is 5.85. The third-order valence-electron chi connectivity index (χ3n) is 6.91. The number of nitrogens with zero attached hydrogens (tertiary/aromatic N) is 5. The summed E-state index contributed by atoms with van der Waals surface area (Å²) in [6, 6.07) is 14.3. The number of amides is 1. The lowest BCUT2D eigenvalue weighted by molar-refractivity contribution is -0.129. The molecule has 0 saturated carbocycles. The van der Waals surface area contributed by atoms with Crippen molar-refractivity contribution in [2.24, 2.45) is 0 Å². The summed E-state index contributed by atoms with van der Waals surface area (Å²) in [5, 5.41) is 16.0. The molecule has 4 N–H and O–H groups in total. The van der Waals surface area contributed by atoms with Crippen LogP contribution in [-0.2, 0) is 11.2 Å². The van der Waals surface area contributed by atoms with Crippen LogP contribution in [0.4, 0.5) is 28.8 Å². The highest BCUT2D eigenvalue weighted by Crippen LogP contribution is 2.30. The van der Waals surface area contributed by atoms with Crippen LogP contribution in [0.15, 0.2) is 54.9 Å². The van der Waals surface area contributed by atoms with Crippen molar-refractivity contribution in [2.45, 2.75) is 20.3 Å². The SMILES string of the molecule is CCc1c[nH]c2nc(Nc3ccc(N4CCN(C(C)=O)CC4)cc3)nc(Nc3ccc4cn[nH]c4c3)c12. The van der Waals surface area contributed by atoms with Crippen LogP contribution >= 0.6 is 0 Å². The van der Waals surface area contributed by atoms with Crippen molar-refractivity contribution >= 4 is 56.7 Å². The van der Waals surface area contributed by atoms with Gasteiger partial charge in [0, 0.05) is 61.7 Å². The van der Waals surface area contributed by atoms with E-state index >= 15 is 0 Å². The van der Waals surface area contributed by atoms with E-state index in [9.17, 15) is 4.79 Å². The Morgan fingerprint density at radius 1 is 1.00 bits per heavy atom. The molecular weight excluding hydrogens is 466 g/mol. The normalized spacial score (nSPS) is 13.9. The maximum Gasteiger partial charge on any atom is 0.231 e. The minimum absolute atomic E-state index is 0.139. The molecule has 6 rings (SSSR count). The predicted octanol–water partition coefficient (Wildman–Crippen LogP) is 4.55. The number of carbonyl (C=O) groups is 1. The molecule has 0 aliphatic carbocycles. The first kappa shape index (κ1) is 22.8. The Hall–Kier alpha value is -4.60. The van der Waals surface area contributed by atoms with Gasteiger partial charge in [-0.3, -0.25) is 9.89 Å². The van der Waals surface area contributed by atoms with Gasteiger partial charge in [0.05, 0.1) is 17.1 Å². The number of aryl methyl sites for hydroxylation is 1. The van der Waals surface area contributed by atoms with Gasteiger partial charge in [0.2, 0.25) is 11.9 Å². The number of rotatable bonds is 6. The molecule has 1 aliphatic heterocycles. The van der Waals surface area contributed by atoms with Gasteiger partial charge in [0.25, 0.3) is 0 Å². The van der Waals surface area contributed by atoms with E-state index in [2.05, 4.69) is 49.8 Å². The number of anilines is 5. The van der Waals surface area contributed by atoms with Crippen LogP contribution in [0.1, 0.15) is 19.4 Å². The van der Waals surface area contributed by atoms with E-state index in [0.29, 0.717) is 5.95 Å². The number of hydrogen-bond donors (Lipinski definition) is 4. The summed E-state index contributed by atoms with van der Waals surface area (Å²) in [4.78, 5) is 28.7. The minimum Gasteiger partial charge on any atom is -0.368 e. The van der Waals surface area contributed by atoms with Crippen molar-refractivity contribution in [3.05, 3.63) is 60.4 Å². The molecule has 0 spiro atoms. The van der Waals surface area contributed by atoms with Crippen molar-refractivity contribution in [1.82, 2.24) is 30.0 Å². The zero-order chi connectivity index (χ0) is 25.4. The number of aromatic nitrogens is 5. The predicted molar refractivity (Wildman–Crippen MR) is 147 cm³/mol. The number of nitrogens with one attached hydrogen (secondary N) is 4. The van der Waals surface area contributed by atoms with Gasteiger partial charge in [-0.1, -0.05) is 6.92 Å². The van der Waals surface area contributed by atoms with Crippen LogP contribution in [0.5, 0.6) is 0 Å². The van der Waals surface area contributed by atoms with Crippen molar-refractivity contribution < 1.29 is 4.79 Å². The van der Waals surface area contributed by atoms with Crippen molar-refractivity contribution in [3.63, 3.8) is 0 Å². The fourth-order valence-corrected chi connectivity index (χ4v) is 4.84. The van der Waals surface area contributed by atoms with E-state index in [1.165, 1.54) is 0 Å². The molecule has 1 fully saturated rings. The maximum absolute atomic E-state index is 11.6. The molecule has 1 aliphatic rings. The Kier molecular flexibility index (Phi) is 5.84. The van der Waals surface area contributed by atoms with Gasteiger partial charge >= 0.3 is 0 Å². The summed E-state index contributed by atoms with van der Waals surface area (Å²) in [6.07, 6.45) is 4.67. The Morgan fingerprint density at radius 2 is 1.78 bits per heavy atom. The molecule has 1 amide bonds. The first-order valence-electron chi connectivity index (χ1n) is 12.5. The lowest BCUT2D eigenvalue weighted by Gasteiger charge is -2.35. The van der Waals surface area contributed by atoms with Gasteiger partial charge in [0.15, 0.2) is 0 Å². The van der Waals surface area contributed by atoms with Gasteiger partial charge in [0.1, 0.15) is 11.5 Å². The van der Waals surface area contributed by atoms with Gasteiger partial charge < -0.3 is 25.4 Å². The standard InChI is InChI=1S/C27H29N9O/c1-3-18-15-28-25-24(18)26(30-21-5-4-19-16-29-34-23(19)14-21)33-27(32-25)31-20-6-8-22(9-7-20)36-12-10-35(11-13-36)17(2)37/h4-9,14-16H,3,10-13H2,1-2H3,(H,29,34)(H3,28,30,31,32,33). The first-order chi connectivity index (χ1) is 18.1. The second kappa shape index (κ2) is 9.45. The highest BCUT2D eigenvalue weighted by molar-refractivity contribution is 5.94. The summed E-state index contributed by atoms with van der Waals surface area (Å²) in [6.45, 7) is 6.92. The first-order valence-corrected chi connectivity index (χ1v) is 12.5. The second-order valence-corrected chi connectivity index (χ2v) is 9.25. The van der Waals surface area contributed by atoms with E-state index in [-0.39, 0.29) is 5.91 Å². The van der Waals surface area contributed by atoms with Crippen LogP contribution in [0, 0.1) is 0 Å². The molecule has 10 heteroatoms. The molecular formula is C27H29N9O. The van der Waals surface area contributed by atoms with Crippen molar-refractivity contribution in [2.75, 3.05) is 41.7 Å². The second-order valence-electron chi connectivity index (χ2n) is 9.25. The summed E-state index contributed by atoms with van der Waals surface area (Å²) in [5.74, 6) is 1.38. The molecule has 4 heterocycles. The molecule has 5 aromatic rings. The molecule has 37 heavy (non-hydrogen) atoms. The van der Waals surface area contributed by atoms with Crippen LogP contribution < -0.4 is 15.5 Å². The van der Waals surface area contributed by atoms with E-state index in [1.54, 1.807) is 6.92 Å². The third kappa shape index (κ3) is 4.53. The molecule has 2 aromatic carbocycles. The monoisotopic (exact) mass is 495 g/mol. The minimum atomic E-state index is 0.139. The summed E-state index contributed by atoms with van der Waals surface area (Å²) < 4.78 is 0. The van der Waals surface area contributed by atoms with E-state index in [4.69, 9.17) is 9.97 Å². The van der Waals surface area contributed by atoms with Gasteiger partial charge in [-0.25, -0.2) is 0 Å². The lowest BCUT2D eigenvalue weighted by Crippen LogP contribution is -2.48. The average molecular weight is 496 g/mol. The van der Waals surface area contributed by atoms with E-state index < -0.39 is 0 Å². The Morgan fingerprint density at radius 3 is 2.54 bits per heavy atom. The largest absolute Gasteiger partial charge is 0.368 e. The third-order valence-corrected chi connectivity index (χ3v) is 6.91. The number of benzene rings is 2. The van der Waals surface area contributed by atoms with Crippen LogP contribution in [0.3, 0.4) is 0 Å². The highest BCUT2D eigenvalue weighted by atomic mass is 16.2. The zero-order valence-electron chi connectivity index (χ0n) is 20.9. The number of fused-ring (bicyclic) bond motifs is 2. The molecule has 3 aromatic heterocycles. The Bertz CT molecular complexity index is 1560. The number of aromatic amines is 2. The van der Waals surface area contributed by atoms with Crippen molar-refractivity contribution in [3.8, 4) is 0 Å². The topological polar surface area (TPSA) is 118 Å². The van der Waals surface area contributed by atoms with Crippen molar-refractivity contribution in [1.29, 1.82) is 0 Å². The highest BCUT2D eigenvalue weighted by Gasteiger charge is 2.19. The average Bonchev–Trinajstić information content (AvgIpc) is 3.56. The fourth-order valence-electron chi connectivity index (χ4n) is 4.84. The number of hydrogen-bond acceptors (Lipinski definition) is 7. The van der Waals surface area contributed by atoms with Crippen LogP contribution in [0.25, 0.3) is 21.9 Å². The molecule has 0 bridgehead atoms. The van der Waals surface area contributed by atoms with Crippen LogP contribution in [-0.4, -0.2) is 62.1 Å². The van der Waals surface area contributed by atoms with E-state index in [0.717, 1.165) is 83.0 Å². The Labute approximate surface area is 214 Å². The Balaban J connectivity index is 1.24. The van der Waals surface area contributed by atoms with Gasteiger partial charge in [-0.05, 0) is 54.4 Å². The molecule has 0 unspecified atom stereocenters. The zero-order valence-corrected chi connectivity index (χ0v) is 20.9. The lowest BCUT2D eigenvalue weighted by atomic mass is 10.2. The maximum atomic E-state index is 11.6. The quantitative estimate of drug-likeness (QED) is 0.273. The molecule has 1 saturated heterocycles. The van der Waals surface area contributed by atoms with Gasteiger partial charge in [-0.15, -0.1) is 0 Å². The summed E-state index contributed by atoms with van der Waals surface area (Å²) >= 11 is 0. The summed E-state index contributed by atoms with van der Waals surface area (Å²) in [7, 11) is 0. The van der Waals surface area contributed by atoms with E-state index in [1.807, 2.05) is 47.6 Å². The molecule has 188 valence electrons. The number of H-pyrrole nitrogens is 2. The number of carbonyl (C=O) groups excluding carboxylic acids is 1. The van der Waals surface area contributed by atoms with Gasteiger partial charge in [-0.2, -0.15) is 15.1 Å². The molecule has 0 atom stereocenters. The molecule has 10 nitrogen and oxygen atoms in total. The molecule has 0 radical (unpaired) electrons. The fraction of sp³-hybridized carbons (Fsp3) is 0.259. The number of piperazine rings is 1. The smallest absolute Gasteiger partial charge is 0.231 e. The van der Waals surface area contributed by atoms with Crippen LogP contribution in [0.2, 0.25) is 0 Å².